The predicted octanol–water partition coefficient (Wildman–Crippen LogP) is 3.92. The number of hydrogen-bond donors (Lipinski definition) is 1. The van der Waals surface area contributed by atoms with Gasteiger partial charge in [0, 0.05) is 31.7 Å². The molecule has 2 heteroatoms. The van der Waals surface area contributed by atoms with Gasteiger partial charge in [-0.15, -0.1) is 0 Å². The first-order chi connectivity index (χ1) is 10.6. The van der Waals surface area contributed by atoms with E-state index in [1.165, 1.54) is 44.3 Å². The number of hydrogen-bond acceptors (Lipinski definition) is 2. The van der Waals surface area contributed by atoms with Crippen LogP contribution in [0.25, 0.3) is 0 Å². The van der Waals surface area contributed by atoms with Gasteiger partial charge in [0.2, 0.25) is 0 Å². The van der Waals surface area contributed by atoms with Crippen LogP contribution in [0.4, 0.5) is 0 Å². The molecule has 22 heavy (non-hydrogen) atoms. The lowest BCUT2D eigenvalue weighted by molar-refractivity contribution is 0.0886. The molecule has 2 nitrogen and oxygen atoms in total. The molecule has 1 N–H and O–H groups in total. The van der Waals surface area contributed by atoms with Crippen LogP contribution in [0, 0.1) is 12.8 Å². The van der Waals surface area contributed by atoms with E-state index in [1.807, 2.05) is 0 Å². The third kappa shape index (κ3) is 5.40. The van der Waals surface area contributed by atoms with E-state index in [4.69, 9.17) is 0 Å². The smallest absolute Gasteiger partial charge is 0.0154 e. The van der Waals surface area contributed by atoms with E-state index < -0.39 is 0 Å². The second-order valence-corrected chi connectivity index (χ2v) is 7.29. The Bertz CT molecular complexity index is 407. The number of rotatable bonds is 8. The van der Waals surface area contributed by atoms with Crippen LogP contribution in [-0.4, -0.2) is 36.6 Å². The van der Waals surface area contributed by atoms with Crippen LogP contribution in [-0.2, 0) is 6.42 Å². The van der Waals surface area contributed by atoms with E-state index in [0.717, 1.165) is 25.4 Å². The minimum atomic E-state index is 0.318. The molecular formula is C20H33N2. The Morgan fingerprint density at radius 3 is 2.45 bits per heavy atom. The van der Waals surface area contributed by atoms with Crippen molar-refractivity contribution in [2.24, 2.45) is 5.92 Å². The first-order valence-corrected chi connectivity index (χ1v) is 8.91. The molecule has 1 atom stereocenters. The summed E-state index contributed by atoms with van der Waals surface area (Å²) in [6.45, 7) is 13.6. The lowest BCUT2D eigenvalue weighted by Gasteiger charge is -2.42. The molecule has 1 heterocycles. The topological polar surface area (TPSA) is 15.3 Å². The van der Waals surface area contributed by atoms with Gasteiger partial charge in [0.05, 0.1) is 0 Å². The lowest BCUT2D eigenvalue weighted by atomic mass is 9.85. The minimum Gasteiger partial charge on any atom is -0.314 e. The van der Waals surface area contributed by atoms with Crippen molar-refractivity contribution in [2.75, 3.05) is 26.2 Å². The average Bonchev–Trinajstić information content (AvgIpc) is 2.55. The molecule has 0 saturated carbocycles. The Morgan fingerprint density at radius 1 is 1.14 bits per heavy atom. The molecule has 0 bridgehead atoms. The van der Waals surface area contributed by atoms with Crippen LogP contribution in [0.3, 0.4) is 0 Å². The second kappa shape index (κ2) is 8.69. The van der Waals surface area contributed by atoms with Crippen molar-refractivity contribution in [3.8, 4) is 0 Å². The van der Waals surface area contributed by atoms with Gasteiger partial charge in [-0.05, 0) is 44.6 Å². The first kappa shape index (κ1) is 17.5. The Kier molecular flexibility index (Phi) is 6.91. The predicted molar refractivity (Wildman–Crippen MR) is 96.0 cm³/mol. The molecule has 1 aliphatic rings. The van der Waals surface area contributed by atoms with Gasteiger partial charge in [-0.1, -0.05) is 50.1 Å². The number of nitrogens with zero attached hydrogens (tertiary/aromatic N) is 1. The molecule has 1 radical (unpaired) electrons. The summed E-state index contributed by atoms with van der Waals surface area (Å²) in [5, 5.41) is 3.45. The zero-order valence-corrected chi connectivity index (χ0v) is 14.5. The van der Waals surface area contributed by atoms with Crippen molar-refractivity contribution in [2.45, 2.75) is 51.5 Å². The van der Waals surface area contributed by atoms with Crippen LogP contribution < -0.4 is 5.32 Å². The summed E-state index contributed by atoms with van der Waals surface area (Å²) in [5.41, 5.74) is 1.79. The van der Waals surface area contributed by atoms with Crippen LogP contribution in [0.2, 0.25) is 0 Å². The summed E-state index contributed by atoms with van der Waals surface area (Å²) < 4.78 is 0. The minimum absolute atomic E-state index is 0.318. The highest BCUT2D eigenvalue weighted by Crippen LogP contribution is 2.27. The van der Waals surface area contributed by atoms with Crippen molar-refractivity contribution in [1.29, 1.82) is 0 Å². The van der Waals surface area contributed by atoms with Gasteiger partial charge in [-0.25, -0.2) is 0 Å². The van der Waals surface area contributed by atoms with E-state index >= 15 is 0 Å². The zero-order chi connectivity index (χ0) is 15.8. The highest BCUT2D eigenvalue weighted by Gasteiger charge is 2.28. The summed E-state index contributed by atoms with van der Waals surface area (Å²) >= 11 is 0. The molecule has 0 aliphatic carbocycles. The van der Waals surface area contributed by atoms with Gasteiger partial charge in [-0.2, -0.15) is 0 Å². The zero-order valence-electron chi connectivity index (χ0n) is 14.5. The van der Waals surface area contributed by atoms with Crippen LogP contribution in [0.15, 0.2) is 30.3 Å². The fourth-order valence-electron chi connectivity index (χ4n) is 3.57. The van der Waals surface area contributed by atoms with Crippen LogP contribution in [0.5, 0.6) is 0 Å². The van der Waals surface area contributed by atoms with Crippen LogP contribution >= 0.6 is 0 Å². The summed E-state index contributed by atoms with van der Waals surface area (Å²) in [5.74, 6) is 0.766. The van der Waals surface area contributed by atoms with Crippen LogP contribution in [0.1, 0.15) is 45.1 Å². The summed E-state index contributed by atoms with van der Waals surface area (Å²) in [6, 6.07) is 10.9. The monoisotopic (exact) mass is 301 g/mol. The Hall–Kier alpha value is -0.860. The second-order valence-electron chi connectivity index (χ2n) is 7.29. The third-order valence-electron chi connectivity index (χ3n) is 5.12. The summed E-state index contributed by atoms with van der Waals surface area (Å²) in [6.07, 6.45) is 6.08. The van der Waals surface area contributed by atoms with Crippen molar-refractivity contribution < 1.29 is 0 Å². The Labute approximate surface area is 137 Å². The van der Waals surface area contributed by atoms with E-state index in [0.29, 0.717) is 5.54 Å². The molecule has 1 aromatic carbocycles. The molecule has 1 unspecified atom stereocenters. The summed E-state index contributed by atoms with van der Waals surface area (Å²) in [4.78, 5) is 2.66. The highest BCUT2D eigenvalue weighted by atomic mass is 15.2. The van der Waals surface area contributed by atoms with Crippen molar-refractivity contribution in [1.82, 2.24) is 10.2 Å². The molecular weight excluding hydrogens is 268 g/mol. The van der Waals surface area contributed by atoms with Gasteiger partial charge in [0.15, 0.2) is 0 Å². The molecule has 0 aromatic heterocycles. The molecule has 1 aliphatic heterocycles. The SMILES string of the molecule is [CH2]CCC(CCC(C)(C)N1CCNCC1)Cc1ccccc1. The van der Waals surface area contributed by atoms with Gasteiger partial charge in [0.1, 0.15) is 0 Å². The van der Waals surface area contributed by atoms with E-state index in [9.17, 15) is 0 Å². The van der Waals surface area contributed by atoms with Crippen molar-refractivity contribution in [3.05, 3.63) is 42.8 Å². The van der Waals surface area contributed by atoms with Crippen molar-refractivity contribution in [3.63, 3.8) is 0 Å². The van der Waals surface area contributed by atoms with Gasteiger partial charge in [0.25, 0.3) is 0 Å². The Morgan fingerprint density at radius 2 is 1.82 bits per heavy atom. The van der Waals surface area contributed by atoms with Gasteiger partial charge >= 0.3 is 0 Å². The molecule has 1 fully saturated rings. The normalized spacial score (nSPS) is 18.3. The molecule has 0 amide bonds. The molecule has 2 rings (SSSR count). The number of benzene rings is 1. The largest absolute Gasteiger partial charge is 0.314 e. The number of nitrogens with one attached hydrogen (secondary N) is 1. The highest BCUT2D eigenvalue weighted by molar-refractivity contribution is 5.15. The van der Waals surface area contributed by atoms with Gasteiger partial charge < -0.3 is 5.32 Å². The van der Waals surface area contributed by atoms with E-state index in [2.05, 4.69) is 61.3 Å². The fourth-order valence-corrected chi connectivity index (χ4v) is 3.57. The standard InChI is InChI=1S/C20H33N2/c1-4-8-18(17-19-9-6-5-7-10-19)11-12-20(2,3)22-15-13-21-14-16-22/h5-7,9-10,18,21H,1,4,8,11-17H2,2-3H3. The average molecular weight is 301 g/mol. The lowest BCUT2D eigenvalue weighted by Crippen LogP contribution is -2.53. The number of piperazine rings is 1. The fraction of sp³-hybridized carbons (Fsp3) is 0.650. The maximum Gasteiger partial charge on any atom is 0.0154 e. The van der Waals surface area contributed by atoms with Crippen molar-refractivity contribution >= 4 is 0 Å². The first-order valence-electron chi connectivity index (χ1n) is 8.91. The van der Waals surface area contributed by atoms with Gasteiger partial charge in [-0.3, -0.25) is 4.90 Å². The Balaban J connectivity index is 1.87. The quantitative estimate of drug-likeness (QED) is 0.783. The third-order valence-corrected chi connectivity index (χ3v) is 5.12. The molecule has 1 aromatic rings. The molecule has 1 saturated heterocycles. The maximum absolute atomic E-state index is 4.08. The molecule has 0 spiro atoms. The molecule has 123 valence electrons. The van der Waals surface area contributed by atoms with E-state index in [-0.39, 0.29) is 0 Å². The maximum atomic E-state index is 4.08. The summed E-state index contributed by atoms with van der Waals surface area (Å²) in [7, 11) is 0. The van der Waals surface area contributed by atoms with E-state index in [1.54, 1.807) is 0 Å².